The molecule has 6 rings (SSSR count). The van der Waals surface area contributed by atoms with Gasteiger partial charge in [-0.05, 0) is 107 Å². The van der Waals surface area contributed by atoms with E-state index < -0.39 is 42.1 Å². The van der Waals surface area contributed by atoms with Crippen LogP contribution < -0.4 is 5.73 Å². The fourth-order valence-electron chi connectivity index (χ4n) is 8.55. The van der Waals surface area contributed by atoms with E-state index in [0.717, 1.165) is 24.0 Å². The van der Waals surface area contributed by atoms with E-state index >= 15 is 0 Å². The number of primary amides is 1. The van der Waals surface area contributed by atoms with Crippen LogP contribution >= 0.6 is 0 Å². The van der Waals surface area contributed by atoms with Crippen molar-refractivity contribution in [3.05, 3.63) is 75.0 Å². The normalized spacial score (nSPS) is 29.6. The van der Waals surface area contributed by atoms with Gasteiger partial charge in [0, 0.05) is 41.2 Å². The number of hydrogen-bond acceptors (Lipinski definition) is 9. The SMILES string of the molecule is C/C(CO)=C1\C(C(N)=O)=C(O)[C@@H](N(C)C)C2CC3Cc4c(-c5occc5CN5[C@H](C)CC[C@H]5C)ccc(O)c4C(=O)C3=C(O)C12. The molecule has 0 radical (unpaired) electrons. The lowest BCUT2D eigenvalue weighted by molar-refractivity contribution is -0.114. The van der Waals surface area contributed by atoms with Crippen LogP contribution in [0.1, 0.15) is 61.5 Å². The number of carbonyl (C=O) groups is 2. The number of fused-ring (bicyclic) bond motifs is 3. The molecule has 45 heavy (non-hydrogen) atoms. The third-order valence-corrected chi connectivity index (χ3v) is 10.7. The van der Waals surface area contributed by atoms with Gasteiger partial charge in [0.15, 0.2) is 5.78 Å². The van der Waals surface area contributed by atoms with E-state index in [1.807, 2.05) is 6.07 Å². The quantitative estimate of drug-likeness (QED) is 0.317. The lowest BCUT2D eigenvalue weighted by atomic mass is 9.59. The molecule has 1 fully saturated rings. The summed E-state index contributed by atoms with van der Waals surface area (Å²) in [6.45, 7) is 6.35. The third-order valence-electron chi connectivity index (χ3n) is 10.7. The molecule has 3 aliphatic carbocycles. The van der Waals surface area contributed by atoms with Crippen LogP contribution in [0.15, 0.2) is 62.7 Å². The zero-order valence-electron chi connectivity index (χ0n) is 26.5. The molecule has 2 heterocycles. The van der Waals surface area contributed by atoms with Crippen LogP contribution in [0.4, 0.5) is 0 Å². The number of aliphatic hydroxyl groups excluding tert-OH is 3. The number of ketones is 1. The summed E-state index contributed by atoms with van der Waals surface area (Å²) in [5.41, 5.74) is 8.94. The summed E-state index contributed by atoms with van der Waals surface area (Å²) in [5, 5.41) is 44.5. The number of nitrogens with zero attached hydrogens (tertiary/aromatic N) is 2. The highest BCUT2D eigenvalue weighted by atomic mass is 16.3. The molecular weight excluding hydrogens is 574 g/mol. The molecule has 3 unspecified atom stereocenters. The van der Waals surface area contributed by atoms with Gasteiger partial charge in [-0.25, -0.2) is 0 Å². The smallest absolute Gasteiger partial charge is 0.252 e. The number of Topliss-reactive ketones (excluding diaryl/α,β-unsaturated/α-hetero) is 1. The summed E-state index contributed by atoms with van der Waals surface area (Å²) in [5.74, 6) is -3.01. The maximum absolute atomic E-state index is 14.3. The van der Waals surface area contributed by atoms with Crippen LogP contribution in [0.3, 0.4) is 0 Å². The number of furan rings is 1. The van der Waals surface area contributed by atoms with Crippen LogP contribution in [0.2, 0.25) is 0 Å². The summed E-state index contributed by atoms with van der Waals surface area (Å²) in [6.07, 6.45) is 4.69. The third kappa shape index (κ3) is 4.81. The lowest BCUT2D eigenvalue weighted by Gasteiger charge is -2.48. The highest BCUT2D eigenvalue weighted by Gasteiger charge is 2.53. The number of phenolic OH excluding ortho intramolecular Hbond substituents is 1. The van der Waals surface area contributed by atoms with Crippen molar-refractivity contribution in [3.8, 4) is 17.1 Å². The molecule has 10 heteroatoms. The van der Waals surface area contributed by atoms with Gasteiger partial charge in [-0.1, -0.05) is 0 Å². The number of benzene rings is 1. The Morgan fingerprint density at radius 2 is 1.78 bits per heavy atom. The summed E-state index contributed by atoms with van der Waals surface area (Å²) in [4.78, 5) is 31.2. The van der Waals surface area contributed by atoms with Crippen LogP contribution in [0.25, 0.3) is 11.3 Å². The largest absolute Gasteiger partial charge is 0.511 e. The molecule has 0 saturated carbocycles. The van der Waals surface area contributed by atoms with Gasteiger partial charge in [0.2, 0.25) is 0 Å². The van der Waals surface area contributed by atoms with Gasteiger partial charge in [-0.2, -0.15) is 0 Å². The number of allylic oxidation sites excluding steroid dienone is 2. The zero-order chi connectivity index (χ0) is 32.5. The maximum Gasteiger partial charge on any atom is 0.252 e. The molecule has 1 saturated heterocycles. The van der Waals surface area contributed by atoms with Gasteiger partial charge in [0.1, 0.15) is 23.0 Å². The van der Waals surface area contributed by atoms with E-state index in [1.54, 1.807) is 38.2 Å². The lowest BCUT2D eigenvalue weighted by Crippen LogP contribution is -2.51. The Morgan fingerprint density at radius 3 is 2.40 bits per heavy atom. The molecule has 1 aliphatic heterocycles. The van der Waals surface area contributed by atoms with Crippen LogP contribution in [-0.4, -0.2) is 80.7 Å². The number of rotatable bonds is 6. The number of amides is 1. The molecular formula is C35H43N3O7. The number of nitrogens with two attached hydrogens (primary N) is 1. The summed E-state index contributed by atoms with van der Waals surface area (Å²) < 4.78 is 6.06. The molecule has 1 aromatic heterocycles. The van der Waals surface area contributed by atoms with Gasteiger partial charge in [-0.15, -0.1) is 0 Å². The Morgan fingerprint density at radius 1 is 1.09 bits per heavy atom. The second-order valence-corrected chi connectivity index (χ2v) is 13.5. The number of likely N-dealkylation sites (N-methyl/N-ethyl adjacent to an activating group) is 1. The van der Waals surface area contributed by atoms with Gasteiger partial charge in [0.05, 0.1) is 30.0 Å². The zero-order valence-corrected chi connectivity index (χ0v) is 26.5. The van der Waals surface area contributed by atoms with Crippen molar-refractivity contribution in [1.29, 1.82) is 0 Å². The van der Waals surface area contributed by atoms with E-state index in [1.165, 1.54) is 6.07 Å². The first-order chi connectivity index (χ1) is 21.4. The number of hydrogen-bond donors (Lipinski definition) is 5. The first kappa shape index (κ1) is 31.1. The molecule has 6 atom stereocenters. The van der Waals surface area contributed by atoms with Crippen molar-refractivity contribution < 1.29 is 34.4 Å². The van der Waals surface area contributed by atoms with Crippen molar-refractivity contribution in [3.63, 3.8) is 0 Å². The topological polar surface area (TPSA) is 161 Å². The van der Waals surface area contributed by atoms with Gasteiger partial charge >= 0.3 is 0 Å². The maximum atomic E-state index is 14.3. The minimum Gasteiger partial charge on any atom is -0.511 e. The van der Waals surface area contributed by atoms with Crippen molar-refractivity contribution in [2.24, 2.45) is 23.5 Å². The van der Waals surface area contributed by atoms with E-state index in [4.69, 9.17) is 10.2 Å². The highest BCUT2D eigenvalue weighted by Crippen LogP contribution is 2.54. The van der Waals surface area contributed by atoms with E-state index in [0.29, 0.717) is 48.4 Å². The van der Waals surface area contributed by atoms with Gasteiger partial charge in [-0.3, -0.25) is 19.4 Å². The first-order valence-corrected chi connectivity index (χ1v) is 15.7. The molecule has 6 N–H and O–H groups in total. The van der Waals surface area contributed by atoms with Crippen molar-refractivity contribution in [1.82, 2.24) is 9.80 Å². The molecule has 1 aromatic carbocycles. The molecule has 1 amide bonds. The number of phenols is 1. The fraction of sp³-hybridized carbons (Fsp3) is 0.486. The second kappa shape index (κ2) is 11.5. The van der Waals surface area contributed by atoms with E-state index in [2.05, 4.69) is 18.7 Å². The summed E-state index contributed by atoms with van der Waals surface area (Å²) in [6, 6.07) is 5.47. The Bertz CT molecular complexity index is 1650. The Labute approximate surface area is 263 Å². The van der Waals surface area contributed by atoms with Crippen LogP contribution in [0.5, 0.6) is 5.75 Å². The highest BCUT2D eigenvalue weighted by molar-refractivity contribution is 6.14. The molecule has 0 spiro atoms. The Hall–Kier alpha value is -3.86. The number of likely N-dealkylation sites (tertiary alicyclic amines) is 1. The van der Waals surface area contributed by atoms with E-state index in [9.17, 15) is 30.0 Å². The summed E-state index contributed by atoms with van der Waals surface area (Å²) in [7, 11) is 3.55. The minimum atomic E-state index is -0.880. The van der Waals surface area contributed by atoms with Crippen molar-refractivity contribution >= 4 is 11.7 Å². The monoisotopic (exact) mass is 617 g/mol. The predicted octanol–water partition coefficient (Wildman–Crippen LogP) is 4.38. The average molecular weight is 618 g/mol. The minimum absolute atomic E-state index is 0.131. The molecule has 2 aromatic rings. The molecule has 10 nitrogen and oxygen atoms in total. The Kier molecular flexibility index (Phi) is 7.95. The standard InChI is InChI=1S/C35H43N3O7/c1-16(15-39)25-28-23(30(37(4)5)33(43)29(25)35(36)44)13-20-12-22-21(8-9-24(40)27(22)31(41)26(20)32(28)42)34-19(10-11-45-34)14-38-17(2)6-7-18(38)3/h8-11,17-18,20,23,28,30,39-40,42-43H,6-7,12-15H2,1-5H3,(H2,36,44)/b25-16+/t17-,18-,20?,23?,28?,30+/m1/s1. The van der Waals surface area contributed by atoms with Gasteiger partial charge < -0.3 is 30.6 Å². The fourth-order valence-corrected chi connectivity index (χ4v) is 8.55. The number of aliphatic hydroxyl groups is 3. The number of carbonyl (C=O) groups excluding carboxylic acids is 2. The second-order valence-electron chi connectivity index (χ2n) is 13.5. The van der Waals surface area contributed by atoms with E-state index in [-0.39, 0.29) is 39.6 Å². The van der Waals surface area contributed by atoms with Crippen molar-refractivity contribution in [2.45, 2.75) is 71.1 Å². The van der Waals surface area contributed by atoms with Crippen LogP contribution in [-0.2, 0) is 17.8 Å². The molecule has 240 valence electrons. The average Bonchev–Trinajstić information content (AvgIpc) is 3.57. The van der Waals surface area contributed by atoms with Crippen LogP contribution in [0, 0.1) is 17.8 Å². The molecule has 4 aliphatic rings. The van der Waals surface area contributed by atoms with Crippen molar-refractivity contribution in [2.75, 3.05) is 20.7 Å². The first-order valence-electron chi connectivity index (χ1n) is 15.7. The predicted molar refractivity (Wildman–Crippen MR) is 168 cm³/mol. The molecule has 0 bridgehead atoms. The Balaban J connectivity index is 1.49. The summed E-state index contributed by atoms with van der Waals surface area (Å²) >= 11 is 0. The van der Waals surface area contributed by atoms with Gasteiger partial charge in [0.25, 0.3) is 5.91 Å². The number of aromatic hydroxyl groups is 1.